The van der Waals surface area contributed by atoms with Gasteiger partial charge in [-0.25, -0.2) is 13.2 Å². The Balaban J connectivity index is 2.47. The fourth-order valence-electron chi connectivity index (χ4n) is 1.46. The highest BCUT2D eigenvalue weighted by Gasteiger charge is 2.16. The summed E-state index contributed by atoms with van der Waals surface area (Å²) in [6, 6.07) is 6.08. The number of rotatable bonds is 2. The predicted molar refractivity (Wildman–Crippen MR) is 61.2 cm³/mol. The first-order valence-corrected chi connectivity index (χ1v) is 5.31. The van der Waals surface area contributed by atoms with Crippen LogP contribution in [0.5, 0.6) is 0 Å². The van der Waals surface area contributed by atoms with Crippen molar-refractivity contribution in [2.75, 3.05) is 0 Å². The average molecular weight is 271 g/mol. The van der Waals surface area contributed by atoms with Crippen molar-refractivity contribution in [3.8, 4) is 0 Å². The lowest BCUT2D eigenvalue weighted by atomic mass is 10.0. The van der Waals surface area contributed by atoms with Crippen LogP contribution >= 0.6 is 11.6 Å². The van der Waals surface area contributed by atoms with E-state index in [0.29, 0.717) is 0 Å². The fraction of sp³-hybridized carbons (Fsp3) is 0. The monoisotopic (exact) mass is 270 g/mol. The quantitative estimate of drug-likeness (QED) is 0.754. The van der Waals surface area contributed by atoms with Crippen LogP contribution < -0.4 is 0 Å². The van der Waals surface area contributed by atoms with Crippen molar-refractivity contribution in [2.24, 2.45) is 0 Å². The van der Waals surface area contributed by atoms with Crippen molar-refractivity contribution < 1.29 is 18.0 Å². The minimum atomic E-state index is -1.16. The second kappa shape index (κ2) is 4.82. The molecule has 0 aromatic heterocycles. The predicted octanol–water partition coefficient (Wildman–Crippen LogP) is 3.99. The second-order valence-electron chi connectivity index (χ2n) is 3.58. The highest BCUT2D eigenvalue weighted by Crippen LogP contribution is 2.19. The first kappa shape index (κ1) is 12.6. The van der Waals surface area contributed by atoms with Crippen molar-refractivity contribution in [1.82, 2.24) is 0 Å². The van der Waals surface area contributed by atoms with E-state index >= 15 is 0 Å². The van der Waals surface area contributed by atoms with Gasteiger partial charge in [-0.05, 0) is 36.4 Å². The van der Waals surface area contributed by atoms with Gasteiger partial charge in [0.25, 0.3) is 0 Å². The molecule has 0 saturated heterocycles. The van der Waals surface area contributed by atoms with Crippen LogP contribution in [0.4, 0.5) is 13.2 Å². The maximum absolute atomic E-state index is 13.4. The summed E-state index contributed by atoms with van der Waals surface area (Å²) in [5.41, 5.74) is -0.427. The van der Waals surface area contributed by atoms with Gasteiger partial charge in [0.2, 0.25) is 0 Å². The fourth-order valence-corrected chi connectivity index (χ4v) is 1.64. The van der Waals surface area contributed by atoms with Crippen molar-refractivity contribution in [1.29, 1.82) is 0 Å². The Morgan fingerprint density at radius 2 is 1.56 bits per heavy atom. The molecule has 0 radical (unpaired) electrons. The first-order valence-electron chi connectivity index (χ1n) is 4.94. The molecule has 0 fully saturated rings. The number of benzene rings is 2. The van der Waals surface area contributed by atoms with Crippen LogP contribution in [-0.2, 0) is 0 Å². The van der Waals surface area contributed by atoms with Crippen LogP contribution in [0.2, 0.25) is 5.02 Å². The summed E-state index contributed by atoms with van der Waals surface area (Å²) in [6.45, 7) is 0. The highest BCUT2D eigenvalue weighted by atomic mass is 35.5. The molecule has 92 valence electrons. The lowest BCUT2D eigenvalue weighted by Crippen LogP contribution is -2.05. The van der Waals surface area contributed by atoms with Crippen LogP contribution in [0.1, 0.15) is 15.9 Å². The molecule has 0 atom stereocenters. The Hall–Kier alpha value is -1.81. The zero-order chi connectivity index (χ0) is 13.3. The minimum absolute atomic E-state index is 0.143. The van der Waals surface area contributed by atoms with E-state index in [4.69, 9.17) is 11.6 Å². The maximum atomic E-state index is 13.4. The molecule has 5 heteroatoms. The van der Waals surface area contributed by atoms with Gasteiger partial charge in [-0.2, -0.15) is 0 Å². The van der Waals surface area contributed by atoms with Crippen LogP contribution in [-0.4, -0.2) is 5.78 Å². The minimum Gasteiger partial charge on any atom is -0.288 e. The molecule has 0 aliphatic rings. The molecule has 0 aliphatic heterocycles. The second-order valence-corrected chi connectivity index (χ2v) is 4.02. The molecule has 0 unspecified atom stereocenters. The van der Waals surface area contributed by atoms with Gasteiger partial charge < -0.3 is 0 Å². The molecule has 0 heterocycles. The van der Waals surface area contributed by atoms with E-state index in [2.05, 4.69) is 0 Å². The topological polar surface area (TPSA) is 17.1 Å². The van der Waals surface area contributed by atoms with E-state index in [9.17, 15) is 18.0 Å². The third-order valence-corrected chi connectivity index (χ3v) is 2.59. The van der Waals surface area contributed by atoms with Crippen LogP contribution in [0, 0.1) is 17.5 Å². The molecule has 18 heavy (non-hydrogen) atoms. The molecule has 1 nitrogen and oxygen atoms in total. The van der Waals surface area contributed by atoms with Crippen LogP contribution in [0.25, 0.3) is 0 Å². The third kappa shape index (κ3) is 2.38. The smallest absolute Gasteiger partial charge is 0.196 e. The third-order valence-electron chi connectivity index (χ3n) is 2.35. The van der Waals surface area contributed by atoms with Crippen LogP contribution in [0.15, 0.2) is 36.4 Å². The summed E-state index contributed by atoms with van der Waals surface area (Å²) < 4.78 is 39.2. The van der Waals surface area contributed by atoms with Crippen molar-refractivity contribution >= 4 is 17.4 Å². The van der Waals surface area contributed by atoms with Gasteiger partial charge in [-0.15, -0.1) is 0 Å². The van der Waals surface area contributed by atoms with Gasteiger partial charge in [-0.1, -0.05) is 11.6 Å². The largest absolute Gasteiger partial charge is 0.288 e. The van der Waals surface area contributed by atoms with Crippen molar-refractivity contribution in [2.45, 2.75) is 0 Å². The van der Waals surface area contributed by atoms with Gasteiger partial charge >= 0.3 is 0 Å². The zero-order valence-electron chi connectivity index (χ0n) is 8.88. The normalized spacial score (nSPS) is 10.4. The Labute approximate surface area is 106 Å². The van der Waals surface area contributed by atoms with Gasteiger partial charge in [0.15, 0.2) is 17.4 Å². The molecule has 2 aromatic rings. The number of ketones is 1. The number of carbonyl (C=O) groups excluding carboxylic acids is 1. The molecule has 0 amide bonds. The summed E-state index contributed by atoms with van der Waals surface area (Å²) in [7, 11) is 0. The number of hydrogen-bond acceptors (Lipinski definition) is 1. The van der Waals surface area contributed by atoms with E-state index in [-0.39, 0.29) is 16.1 Å². The number of halogens is 4. The molecule has 2 aromatic carbocycles. The molecular formula is C13H6ClF3O. The van der Waals surface area contributed by atoms with Crippen molar-refractivity contribution in [3.63, 3.8) is 0 Å². The summed E-state index contributed by atoms with van der Waals surface area (Å²) in [5, 5.41) is 0.183. The summed E-state index contributed by atoms with van der Waals surface area (Å²) in [5.74, 6) is -3.76. The SMILES string of the molecule is O=C(c1ccc(F)c(F)c1)c1cc(Cl)ccc1F. The van der Waals surface area contributed by atoms with E-state index in [1.807, 2.05) is 0 Å². The van der Waals surface area contributed by atoms with E-state index in [0.717, 1.165) is 30.3 Å². The molecule has 0 bridgehead atoms. The lowest BCUT2D eigenvalue weighted by Gasteiger charge is -2.04. The standard InChI is InChI=1S/C13H6ClF3O/c14-8-2-4-10(15)9(6-8)13(18)7-1-3-11(16)12(17)5-7/h1-6H. The summed E-state index contributed by atoms with van der Waals surface area (Å²) in [4.78, 5) is 11.9. The summed E-state index contributed by atoms with van der Waals surface area (Å²) >= 11 is 5.65. The average Bonchev–Trinajstić information content (AvgIpc) is 2.35. The Kier molecular flexibility index (Phi) is 3.39. The van der Waals surface area contributed by atoms with Gasteiger partial charge in [-0.3, -0.25) is 4.79 Å². The zero-order valence-corrected chi connectivity index (χ0v) is 9.64. The van der Waals surface area contributed by atoms with Crippen molar-refractivity contribution in [3.05, 3.63) is 70.0 Å². The van der Waals surface area contributed by atoms with E-state index in [1.165, 1.54) is 6.07 Å². The highest BCUT2D eigenvalue weighted by molar-refractivity contribution is 6.31. The van der Waals surface area contributed by atoms with Gasteiger partial charge in [0, 0.05) is 10.6 Å². The lowest BCUT2D eigenvalue weighted by molar-refractivity contribution is 0.103. The molecule has 0 aliphatic carbocycles. The molecule has 0 saturated carbocycles. The molecule has 2 rings (SSSR count). The van der Waals surface area contributed by atoms with E-state index < -0.39 is 23.2 Å². The van der Waals surface area contributed by atoms with Gasteiger partial charge in [0.05, 0.1) is 5.56 Å². The van der Waals surface area contributed by atoms with Gasteiger partial charge in [0.1, 0.15) is 5.82 Å². The maximum Gasteiger partial charge on any atom is 0.196 e. The van der Waals surface area contributed by atoms with E-state index in [1.54, 1.807) is 0 Å². The molecular weight excluding hydrogens is 265 g/mol. The van der Waals surface area contributed by atoms with Crippen LogP contribution in [0.3, 0.4) is 0 Å². The summed E-state index contributed by atoms with van der Waals surface area (Å²) in [6.07, 6.45) is 0. The number of carbonyl (C=O) groups is 1. The molecule has 0 spiro atoms. The molecule has 0 N–H and O–H groups in total. The first-order chi connectivity index (χ1) is 8.49. The Morgan fingerprint density at radius 3 is 2.22 bits per heavy atom. The Bertz CT molecular complexity index is 626. The Morgan fingerprint density at radius 1 is 0.889 bits per heavy atom. The number of hydrogen-bond donors (Lipinski definition) is 0.